The molecular formula is C20H20FN3O5. The Hall–Kier alpha value is -3.36. The van der Waals surface area contributed by atoms with Crippen LogP contribution in [0.5, 0.6) is 11.6 Å². The molecule has 1 atom stereocenters. The van der Waals surface area contributed by atoms with Crippen molar-refractivity contribution >= 4 is 17.2 Å². The van der Waals surface area contributed by atoms with Crippen molar-refractivity contribution in [2.75, 3.05) is 13.2 Å². The molecule has 9 heteroatoms. The zero-order chi connectivity index (χ0) is 20.4. The summed E-state index contributed by atoms with van der Waals surface area (Å²) in [4.78, 5) is 19.1. The smallest absolute Gasteiger partial charge is 0.404 e. The van der Waals surface area contributed by atoms with E-state index in [1.54, 1.807) is 25.1 Å². The van der Waals surface area contributed by atoms with E-state index in [0.29, 0.717) is 29.2 Å². The fraction of sp³-hybridized carbons (Fsp3) is 0.350. The minimum absolute atomic E-state index is 0.110. The Balaban J connectivity index is 1.46. The van der Waals surface area contributed by atoms with Gasteiger partial charge in [-0.15, -0.1) is 0 Å². The summed E-state index contributed by atoms with van der Waals surface area (Å²) in [6.07, 6.45) is 2.63. The molecule has 29 heavy (non-hydrogen) atoms. The van der Waals surface area contributed by atoms with Gasteiger partial charge in [0.05, 0.1) is 18.8 Å². The van der Waals surface area contributed by atoms with E-state index in [0.717, 1.165) is 12.8 Å². The summed E-state index contributed by atoms with van der Waals surface area (Å²) in [5.74, 6) is 0.824. The van der Waals surface area contributed by atoms with Crippen molar-refractivity contribution in [1.82, 2.24) is 15.3 Å². The molecule has 1 fully saturated rings. The standard InChI is InChI=1S/C20H20FN3O5/c1-11(23-20(25)26)9-28-18-7-17-15(8-22-18)24-19(29-17)13-4-5-16(14(21)6-13)27-10-12-2-3-12/h4-8,11-12,23H,2-3,9-10H2,1H3,(H,25,26)/t11-/m0/s1. The van der Waals surface area contributed by atoms with Gasteiger partial charge in [0.1, 0.15) is 12.1 Å². The minimum atomic E-state index is -1.12. The Labute approximate surface area is 165 Å². The summed E-state index contributed by atoms with van der Waals surface area (Å²) in [5, 5.41) is 11.0. The molecule has 4 rings (SSSR count). The molecule has 1 amide bonds. The SMILES string of the molecule is C[C@@H](COc1cc2oc(-c3ccc(OCC4CC4)c(F)c3)nc2cn1)NC(=O)O. The molecule has 0 saturated heterocycles. The number of hydrogen-bond donors (Lipinski definition) is 2. The van der Waals surface area contributed by atoms with E-state index in [4.69, 9.17) is 19.0 Å². The number of oxazole rings is 1. The molecule has 2 heterocycles. The molecule has 1 aliphatic carbocycles. The second kappa shape index (κ2) is 7.94. The van der Waals surface area contributed by atoms with Crippen LogP contribution in [-0.4, -0.2) is 40.4 Å². The lowest BCUT2D eigenvalue weighted by Gasteiger charge is -2.11. The molecule has 152 valence electrons. The number of aromatic nitrogens is 2. The second-order valence-corrected chi connectivity index (χ2v) is 7.07. The second-order valence-electron chi connectivity index (χ2n) is 7.07. The molecule has 0 bridgehead atoms. The third kappa shape index (κ3) is 4.74. The van der Waals surface area contributed by atoms with Crippen LogP contribution in [0.3, 0.4) is 0 Å². The summed E-state index contributed by atoms with van der Waals surface area (Å²) in [6.45, 7) is 2.32. The number of ether oxygens (including phenoxy) is 2. The van der Waals surface area contributed by atoms with E-state index in [1.165, 1.54) is 12.3 Å². The van der Waals surface area contributed by atoms with Crippen LogP contribution in [0.1, 0.15) is 19.8 Å². The molecule has 1 aromatic carbocycles. The van der Waals surface area contributed by atoms with E-state index in [-0.39, 0.29) is 24.1 Å². The van der Waals surface area contributed by atoms with Gasteiger partial charge in [0, 0.05) is 11.6 Å². The highest BCUT2D eigenvalue weighted by Gasteiger charge is 2.22. The van der Waals surface area contributed by atoms with Crippen LogP contribution in [-0.2, 0) is 0 Å². The quantitative estimate of drug-likeness (QED) is 0.590. The number of fused-ring (bicyclic) bond motifs is 1. The van der Waals surface area contributed by atoms with Crippen molar-refractivity contribution in [3.8, 4) is 23.1 Å². The predicted octanol–water partition coefficient (Wildman–Crippen LogP) is 3.85. The fourth-order valence-corrected chi connectivity index (χ4v) is 2.72. The monoisotopic (exact) mass is 401 g/mol. The zero-order valence-electron chi connectivity index (χ0n) is 15.7. The van der Waals surface area contributed by atoms with Gasteiger partial charge in [-0.3, -0.25) is 0 Å². The van der Waals surface area contributed by atoms with Crippen LogP contribution in [0.2, 0.25) is 0 Å². The van der Waals surface area contributed by atoms with Gasteiger partial charge in [0.2, 0.25) is 11.8 Å². The minimum Gasteiger partial charge on any atom is -0.490 e. The number of hydrogen-bond acceptors (Lipinski definition) is 6. The van der Waals surface area contributed by atoms with Crippen LogP contribution in [0.4, 0.5) is 9.18 Å². The molecule has 2 N–H and O–H groups in total. The number of nitrogens with zero attached hydrogens (tertiary/aromatic N) is 2. The van der Waals surface area contributed by atoms with Gasteiger partial charge in [0.25, 0.3) is 0 Å². The van der Waals surface area contributed by atoms with Gasteiger partial charge < -0.3 is 24.3 Å². The predicted molar refractivity (Wildman–Crippen MR) is 102 cm³/mol. The first-order valence-electron chi connectivity index (χ1n) is 9.29. The Morgan fingerprint density at radius 1 is 1.38 bits per heavy atom. The molecule has 1 saturated carbocycles. The first-order chi connectivity index (χ1) is 14.0. The normalized spacial score (nSPS) is 14.6. The highest BCUT2D eigenvalue weighted by molar-refractivity contribution is 5.76. The Kier molecular flexibility index (Phi) is 5.20. The number of pyridine rings is 1. The fourth-order valence-electron chi connectivity index (χ4n) is 2.72. The van der Waals surface area contributed by atoms with Gasteiger partial charge >= 0.3 is 6.09 Å². The zero-order valence-corrected chi connectivity index (χ0v) is 15.7. The molecule has 3 aromatic rings. The molecule has 8 nitrogen and oxygen atoms in total. The van der Waals surface area contributed by atoms with E-state index in [9.17, 15) is 9.18 Å². The van der Waals surface area contributed by atoms with Crippen molar-refractivity contribution < 1.29 is 28.2 Å². The van der Waals surface area contributed by atoms with Gasteiger partial charge in [-0.05, 0) is 43.9 Å². The van der Waals surface area contributed by atoms with Gasteiger partial charge in [-0.1, -0.05) is 0 Å². The maximum Gasteiger partial charge on any atom is 0.404 e. The highest BCUT2D eigenvalue weighted by Crippen LogP contribution is 2.32. The summed E-state index contributed by atoms with van der Waals surface area (Å²) in [7, 11) is 0. The Bertz CT molecular complexity index is 1030. The molecule has 0 spiro atoms. The summed E-state index contributed by atoms with van der Waals surface area (Å²) in [5.41, 5.74) is 1.41. The Morgan fingerprint density at radius 3 is 2.93 bits per heavy atom. The van der Waals surface area contributed by atoms with Crippen LogP contribution in [0, 0.1) is 11.7 Å². The van der Waals surface area contributed by atoms with Gasteiger partial charge in [0.15, 0.2) is 17.1 Å². The third-order valence-corrected chi connectivity index (χ3v) is 4.45. The van der Waals surface area contributed by atoms with Gasteiger partial charge in [-0.25, -0.2) is 19.2 Å². The number of amides is 1. The molecule has 0 unspecified atom stereocenters. The number of carboxylic acid groups (broad SMARTS) is 1. The number of carbonyl (C=O) groups is 1. The number of halogens is 1. The average molecular weight is 401 g/mol. The lowest BCUT2D eigenvalue weighted by molar-refractivity contribution is 0.182. The van der Waals surface area contributed by atoms with Crippen molar-refractivity contribution in [2.45, 2.75) is 25.8 Å². The van der Waals surface area contributed by atoms with Crippen molar-refractivity contribution in [1.29, 1.82) is 0 Å². The molecule has 2 aromatic heterocycles. The van der Waals surface area contributed by atoms with E-state index < -0.39 is 18.0 Å². The topological polar surface area (TPSA) is 107 Å². The lowest BCUT2D eigenvalue weighted by atomic mass is 10.2. The van der Waals surface area contributed by atoms with Crippen LogP contribution >= 0.6 is 0 Å². The number of nitrogens with one attached hydrogen (secondary N) is 1. The number of benzene rings is 1. The largest absolute Gasteiger partial charge is 0.490 e. The molecule has 0 aliphatic heterocycles. The lowest BCUT2D eigenvalue weighted by Crippen LogP contribution is -2.35. The van der Waals surface area contributed by atoms with E-state index in [2.05, 4.69) is 15.3 Å². The van der Waals surface area contributed by atoms with Crippen LogP contribution in [0.15, 0.2) is 34.9 Å². The molecular weight excluding hydrogens is 381 g/mol. The van der Waals surface area contributed by atoms with Gasteiger partial charge in [-0.2, -0.15) is 0 Å². The molecule has 1 aliphatic rings. The van der Waals surface area contributed by atoms with E-state index >= 15 is 0 Å². The van der Waals surface area contributed by atoms with Crippen molar-refractivity contribution in [3.63, 3.8) is 0 Å². The van der Waals surface area contributed by atoms with Crippen LogP contribution in [0.25, 0.3) is 22.6 Å². The summed E-state index contributed by atoms with van der Waals surface area (Å²) < 4.78 is 31.0. The molecule has 0 radical (unpaired) electrons. The average Bonchev–Trinajstić information content (AvgIpc) is 3.41. The van der Waals surface area contributed by atoms with Crippen molar-refractivity contribution in [3.05, 3.63) is 36.3 Å². The van der Waals surface area contributed by atoms with Crippen LogP contribution < -0.4 is 14.8 Å². The Morgan fingerprint density at radius 2 is 2.21 bits per heavy atom. The van der Waals surface area contributed by atoms with E-state index in [1.807, 2.05) is 0 Å². The maximum absolute atomic E-state index is 14.3. The summed E-state index contributed by atoms with van der Waals surface area (Å²) in [6, 6.07) is 5.75. The first kappa shape index (κ1) is 19.0. The summed E-state index contributed by atoms with van der Waals surface area (Å²) >= 11 is 0. The van der Waals surface area contributed by atoms with Crippen molar-refractivity contribution in [2.24, 2.45) is 5.92 Å². The first-order valence-corrected chi connectivity index (χ1v) is 9.29. The number of rotatable bonds is 8. The highest BCUT2D eigenvalue weighted by atomic mass is 19.1. The maximum atomic E-state index is 14.3. The third-order valence-electron chi connectivity index (χ3n) is 4.45.